The highest BCUT2D eigenvalue weighted by molar-refractivity contribution is 6.31. The summed E-state index contributed by atoms with van der Waals surface area (Å²) in [5.41, 5.74) is 1.58. The Morgan fingerprint density at radius 3 is 2.67 bits per heavy atom. The first-order valence-electron chi connectivity index (χ1n) is 10.4. The van der Waals surface area contributed by atoms with E-state index < -0.39 is 0 Å². The van der Waals surface area contributed by atoms with Crippen molar-refractivity contribution in [1.29, 1.82) is 0 Å². The highest BCUT2D eigenvalue weighted by Gasteiger charge is 2.25. The maximum atomic E-state index is 12.5. The van der Waals surface area contributed by atoms with E-state index in [1.807, 2.05) is 26.0 Å². The number of nitrogens with zero attached hydrogens (tertiary/aromatic N) is 3. The molecular weight excluding hydrogens is 404 g/mol. The molecular formula is C22H31ClN4O3. The van der Waals surface area contributed by atoms with Gasteiger partial charge in [-0.05, 0) is 38.0 Å². The van der Waals surface area contributed by atoms with Gasteiger partial charge in [-0.15, -0.1) is 0 Å². The van der Waals surface area contributed by atoms with Crippen molar-refractivity contribution in [3.63, 3.8) is 0 Å². The van der Waals surface area contributed by atoms with E-state index in [1.165, 1.54) is 6.08 Å². The molecule has 1 saturated heterocycles. The third kappa shape index (κ3) is 5.74. The van der Waals surface area contributed by atoms with Gasteiger partial charge in [-0.25, -0.2) is 0 Å². The van der Waals surface area contributed by atoms with E-state index in [0.29, 0.717) is 30.8 Å². The van der Waals surface area contributed by atoms with Gasteiger partial charge in [-0.1, -0.05) is 25.4 Å². The molecule has 2 aromatic rings. The number of aryl methyl sites for hydroxylation is 2. The number of hydrogen-bond acceptors (Lipinski definition) is 5. The van der Waals surface area contributed by atoms with E-state index in [9.17, 15) is 4.79 Å². The molecule has 8 heteroatoms. The Kier molecular flexibility index (Phi) is 7.75. The number of nitrogens with one attached hydrogen (secondary N) is 1. The van der Waals surface area contributed by atoms with Crippen LogP contribution in [-0.4, -0.2) is 53.4 Å². The van der Waals surface area contributed by atoms with Crippen molar-refractivity contribution in [2.75, 3.05) is 32.8 Å². The third-order valence-electron chi connectivity index (χ3n) is 5.09. The fraction of sp³-hybridized carbons (Fsp3) is 0.545. The van der Waals surface area contributed by atoms with Gasteiger partial charge in [0.25, 0.3) is 0 Å². The lowest BCUT2D eigenvalue weighted by molar-refractivity contribution is -0.116. The molecule has 0 aromatic carbocycles. The topological polar surface area (TPSA) is 72.5 Å². The van der Waals surface area contributed by atoms with E-state index >= 15 is 0 Å². The van der Waals surface area contributed by atoms with Crippen LogP contribution in [0.1, 0.15) is 42.7 Å². The molecule has 0 bridgehead atoms. The number of furan rings is 1. The number of aromatic nitrogens is 2. The number of carbonyl (C=O) groups excluding carboxylic acids is 1. The smallest absolute Gasteiger partial charge is 0.244 e. The Labute approximate surface area is 183 Å². The standard InChI is InChI=1S/C22H31ClN4O3/c1-15(2)14-27-22(23)18(17(4)25-27)6-8-21(28)24-13-19(20-7-5-16(3)30-20)26-9-11-29-12-10-26/h5-8,15,19H,9-14H2,1-4H3,(H,24,28)/b8-6+. The van der Waals surface area contributed by atoms with Crippen LogP contribution >= 0.6 is 11.6 Å². The van der Waals surface area contributed by atoms with Gasteiger partial charge in [-0.2, -0.15) is 5.10 Å². The van der Waals surface area contributed by atoms with E-state index in [0.717, 1.165) is 42.4 Å². The number of hydrogen-bond donors (Lipinski definition) is 1. The van der Waals surface area contributed by atoms with Crippen LogP contribution in [0.25, 0.3) is 6.08 Å². The number of amides is 1. The highest BCUT2D eigenvalue weighted by Crippen LogP contribution is 2.24. The summed E-state index contributed by atoms with van der Waals surface area (Å²) in [7, 11) is 0. The highest BCUT2D eigenvalue weighted by atomic mass is 35.5. The van der Waals surface area contributed by atoms with E-state index in [2.05, 4.69) is 29.2 Å². The fourth-order valence-corrected chi connectivity index (χ4v) is 3.88. The molecule has 1 atom stereocenters. The Hall–Kier alpha value is -2.09. The summed E-state index contributed by atoms with van der Waals surface area (Å²) in [4.78, 5) is 14.8. The average molecular weight is 435 g/mol. The first-order valence-corrected chi connectivity index (χ1v) is 10.8. The van der Waals surface area contributed by atoms with Crippen LogP contribution in [-0.2, 0) is 16.1 Å². The summed E-state index contributed by atoms with van der Waals surface area (Å²) in [6.07, 6.45) is 3.25. The summed E-state index contributed by atoms with van der Waals surface area (Å²) in [5.74, 6) is 1.97. The van der Waals surface area contributed by atoms with Gasteiger partial charge in [0.05, 0.1) is 24.9 Å². The minimum atomic E-state index is -0.177. The van der Waals surface area contributed by atoms with Crippen molar-refractivity contribution in [3.8, 4) is 0 Å². The molecule has 3 heterocycles. The minimum Gasteiger partial charge on any atom is -0.465 e. The van der Waals surface area contributed by atoms with Crippen LogP contribution in [0.3, 0.4) is 0 Å². The number of ether oxygens (including phenoxy) is 1. The van der Waals surface area contributed by atoms with Gasteiger partial charge in [0.15, 0.2) is 0 Å². The van der Waals surface area contributed by atoms with Crippen molar-refractivity contribution in [2.24, 2.45) is 5.92 Å². The summed E-state index contributed by atoms with van der Waals surface area (Å²) in [6.45, 7) is 12.2. The van der Waals surface area contributed by atoms with Crippen molar-refractivity contribution in [2.45, 2.75) is 40.3 Å². The largest absolute Gasteiger partial charge is 0.465 e. The average Bonchev–Trinajstić information content (AvgIpc) is 3.24. The number of halogens is 1. The Morgan fingerprint density at radius 1 is 1.30 bits per heavy atom. The molecule has 0 radical (unpaired) electrons. The summed E-state index contributed by atoms with van der Waals surface area (Å²) >= 11 is 6.46. The van der Waals surface area contributed by atoms with Gasteiger partial charge in [-0.3, -0.25) is 14.4 Å². The zero-order valence-electron chi connectivity index (χ0n) is 18.2. The number of rotatable bonds is 8. The van der Waals surface area contributed by atoms with Crippen LogP contribution in [0, 0.1) is 19.8 Å². The van der Waals surface area contributed by atoms with Crippen molar-refractivity contribution in [1.82, 2.24) is 20.0 Å². The molecule has 3 rings (SSSR count). The van der Waals surface area contributed by atoms with Crippen LogP contribution in [0.4, 0.5) is 0 Å². The minimum absolute atomic E-state index is 0.0286. The first-order chi connectivity index (χ1) is 14.3. The normalized spacial score (nSPS) is 16.5. The van der Waals surface area contributed by atoms with Crippen LogP contribution in [0.5, 0.6) is 0 Å². The SMILES string of the molecule is Cc1ccc(C(CNC(=O)/C=C/c2c(C)nn(CC(C)C)c2Cl)N2CCOCC2)o1. The van der Waals surface area contributed by atoms with Gasteiger partial charge < -0.3 is 14.5 Å². The number of morpholine rings is 1. The molecule has 1 fully saturated rings. The predicted molar refractivity (Wildman–Crippen MR) is 117 cm³/mol. The van der Waals surface area contributed by atoms with Gasteiger partial charge in [0.2, 0.25) is 5.91 Å². The van der Waals surface area contributed by atoms with Gasteiger partial charge >= 0.3 is 0 Å². The lowest BCUT2D eigenvalue weighted by Crippen LogP contribution is -2.43. The van der Waals surface area contributed by atoms with Gasteiger partial charge in [0.1, 0.15) is 16.7 Å². The molecule has 7 nitrogen and oxygen atoms in total. The van der Waals surface area contributed by atoms with Crippen LogP contribution in [0.15, 0.2) is 22.6 Å². The molecule has 1 unspecified atom stereocenters. The predicted octanol–water partition coefficient (Wildman–Crippen LogP) is 3.61. The molecule has 1 aliphatic rings. The molecule has 0 spiro atoms. The van der Waals surface area contributed by atoms with Gasteiger partial charge in [0, 0.05) is 37.8 Å². The molecule has 30 heavy (non-hydrogen) atoms. The second-order valence-electron chi connectivity index (χ2n) is 8.06. The maximum absolute atomic E-state index is 12.5. The zero-order valence-corrected chi connectivity index (χ0v) is 18.9. The lowest BCUT2D eigenvalue weighted by Gasteiger charge is -2.33. The third-order valence-corrected chi connectivity index (χ3v) is 5.49. The summed E-state index contributed by atoms with van der Waals surface area (Å²) in [6, 6.07) is 3.90. The summed E-state index contributed by atoms with van der Waals surface area (Å²) < 4.78 is 13.1. The van der Waals surface area contributed by atoms with Crippen LogP contribution < -0.4 is 5.32 Å². The van der Waals surface area contributed by atoms with Crippen molar-refractivity contribution in [3.05, 3.63) is 46.1 Å². The fourth-order valence-electron chi connectivity index (χ4n) is 3.57. The van der Waals surface area contributed by atoms with Crippen molar-refractivity contribution >= 4 is 23.6 Å². The van der Waals surface area contributed by atoms with Crippen molar-refractivity contribution < 1.29 is 13.9 Å². The quantitative estimate of drug-likeness (QED) is 0.642. The Morgan fingerprint density at radius 2 is 2.03 bits per heavy atom. The molecule has 1 N–H and O–H groups in total. The van der Waals surface area contributed by atoms with E-state index in [1.54, 1.807) is 10.8 Å². The van der Waals surface area contributed by atoms with E-state index in [4.69, 9.17) is 20.8 Å². The molecule has 2 aromatic heterocycles. The first kappa shape index (κ1) is 22.6. The zero-order chi connectivity index (χ0) is 21.7. The molecule has 0 aliphatic carbocycles. The summed E-state index contributed by atoms with van der Waals surface area (Å²) in [5, 5.41) is 8.03. The Bertz CT molecular complexity index is 881. The second-order valence-corrected chi connectivity index (χ2v) is 8.41. The molecule has 1 amide bonds. The van der Waals surface area contributed by atoms with E-state index in [-0.39, 0.29) is 11.9 Å². The Balaban J connectivity index is 1.65. The monoisotopic (exact) mass is 434 g/mol. The second kappa shape index (κ2) is 10.3. The maximum Gasteiger partial charge on any atom is 0.244 e. The lowest BCUT2D eigenvalue weighted by atomic mass is 10.1. The number of carbonyl (C=O) groups is 1. The molecule has 164 valence electrons. The molecule has 0 saturated carbocycles. The van der Waals surface area contributed by atoms with Crippen LogP contribution in [0.2, 0.25) is 5.15 Å². The molecule has 1 aliphatic heterocycles.